The summed E-state index contributed by atoms with van der Waals surface area (Å²) in [7, 11) is 1.61. The predicted octanol–water partition coefficient (Wildman–Crippen LogP) is 1.69. The summed E-state index contributed by atoms with van der Waals surface area (Å²) in [6, 6.07) is 6.91. The van der Waals surface area contributed by atoms with Crippen LogP contribution in [-0.2, 0) is 24.3 Å². The number of aromatic nitrogens is 3. The van der Waals surface area contributed by atoms with Gasteiger partial charge in [-0.25, -0.2) is 4.79 Å². The average Bonchev–Trinajstić information content (AvgIpc) is 3.25. The quantitative estimate of drug-likeness (QED) is 0.683. The summed E-state index contributed by atoms with van der Waals surface area (Å²) in [4.78, 5) is 24.8. The highest BCUT2D eigenvalue weighted by Crippen LogP contribution is 2.26. The number of amides is 3. The van der Waals surface area contributed by atoms with Crippen LogP contribution in [0, 0.1) is 0 Å². The molecule has 9 heteroatoms. The first kappa shape index (κ1) is 20.6. The van der Waals surface area contributed by atoms with Gasteiger partial charge < -0.3 is 25.3 Å². The van der Waals surface area contributed by atoms with E-state index in [-0.39, 0.29) is 30.1 Å². The number of benzene rings is 1. The first-order chi connectivity index (χ1) is 13.8. The number of hydrogen-bond acceptors (Lipinski definition) is 5. The van der Waals surface area contributed by atoms with E-state index < -0.39 is 0 Å². The highest BCUT2D eigenvalue weighted by atomic mass is 16.5. The van der Waals surface area contributed by atoms with Crippen LogP contribution < -0.4 is 20.7 Å². The van der Waals surface area contributed by atoms with Gasteiger partial charge in [0.2, 0.25) is 5.91 Å². The predicted molar refractivity (Wildman–Crippen MR) is 107 cm³/mol. The van der Waals surface area contributed by atoms with Gasteiger partial charge in [0.15, 0.2) is 5.82 Å². The number of fused-ring (bicyclic) bond motifs is 1. The van der Waals surface area contributed by atoms with Gasteiger partial charge in [-0.2, -0.15) is 0 Å². The van der Waals surface area contributed by atoms with E-state index in [1.54, 1.807) is 7.11 Å². The highest BCUT2D eigenvalue weighted by Gasteiger charge is 2.32. The number of carbonyl (C=O) groups is 2. The number of urea groups is 1. The molecule has 1 aliphatic rings. The molecule has 1 aromatic carbocycles. The molecule has 3 amide bonds. The Morgan fingerprint density at radius 1 is 1.21 bits per heavy atom. The summed E-state index contributed by atoms with van der Waals surface area (Å²) in [5, 5.41) is 16.9. The second-order valence-corrected chi connectivity index (χ2v) is 8.08. The number of rotatable bonds is 6. The summed E-state index contributed by atoms with van der Waals surface area (Å²) >= 11 is 0. The van der Waals surface area contributed by atoms with Gasteiger partial charge in [0.25, 0.3) is 0 Å². The molecule has 2 aromatic rings. The zero-order valence-electron chi connectivity index (χ0n) is 17.3. The molecule has 0 bridgehead atoms. The van der Waals surface area contributed by atoms with Crippen molar-refractivity contribution in [3.63, 3.8) is 0 Å². The molecule has 1 aromatic heterocycles. The molecular formula is C20H28N6O3. The first-order valence-electron chi connectivity index (χ1n) is 9.66. The van der Waals surface area contributed by atoms with Crippen LogP contribution in [0.2, 0.25) is 0 Å². The van der Waals surface area contributed by atoms with Crippen LogP contribution in [0.15, 0.2) is 24.3 Å². The Labute approximate surface area is 170 Å². The molecule has 0 saturated carbocycles. The number of ether oxygens (including phenoxy) is 1. The summed E-state index contributed by atoms with van der Waals surface area (Å²) in [6.07, 6.45) is 1.34. The van der Waals surface area contributed by atoms with Gasteiger partial charge in [-0.15, -0.1) is 10.2 Å². The van der Waals surface area contributed by atoms with E-state index >= 15 is 0 Å². The van der Waals surface area contributed by atoms with Gasteiger partial charge >= 0.3 is 6.03 Å². The monoisotopic (exact) mass is 400 g/mol. The summed E-state index contributed by atoms with van der Waals surface area (Å²) in [6.45, 7) is 6.33. The van der Waals surface area contributed by atoms with Crippen LogP contribution in [0.1, 0.15) is 50.4 Å². The SMILES string of the molecule is COc1cccc(CNC(=O)C2CCc3nnc(CNC(=O)NC(C)(C)C)n32)c1. The molecule has 1 aliphatic heterocycles. The number of nitrogens with zero attached hydrogens (tertiary/aromatic N) is 3. The summed E-state index contributed by atoms with van der Waals surface area (Å²) < 4.78 is 7.05. The zero-order valence-corrected chi connectivity index (χ0v) is 17.3. The molecule has 0 spiro atoms. The van der Waals surface area contributed by atoms with Crippen molar-refractivity contribution in [1.82, 2.24) is 30.7 Å². The normalized spacial score (nSPS) is 15.5. The first-order valence-corrected chi connectivity index (χ1v) is 9.66. The Hall–Kier alpha value is -3.10. The van der Waals surface area contributed by atoms with Crippen LogP contribution in [0.25, 0.3) is 0 Å². The molecule has 0 aliphatic carbocycles. The van der Waals surface area contributed by atoms with Crippen molar-refractivity contribution in [3.05, 3.63) is 41.5 Å². The molecule has 0 radical (unpaired) electrons. The fraction of sp³-hybridized carbons (Fsp3) is 0.500. The topological polar surface area (TPSA) is 110 Å². The number of aryl methyl sites for hydroxylation is 1. The Bertz CT molecular complexity index is 887. The van der Waals surface area contributed by atoms with Crippen LogP contribution >= 0.6 is 0 Å². The van der Waals surface area contributed by atoms with Gasteiger partial charge in [-0.1, -0.05) is 12.1 Å². The Morgan fingerprint density at radius 3 is 2.72 bits per heavy atom. The molecule has 29 heavy (non-hydrogen) atoms. The van der Waals surface area contributed by atoms with E-state index in [1.165, 1.54) is 0 Å². The third-order valence-corrected chi connectivity index (χ3v) is 4.59. The van der Waals surface area contributed by atoms with Crippen molar-refractivity contribution in [2.24, 2.45) is 0 Å². The molecule has 1 unspecified atom stereocenters. The van der Waals surface area contributed by atoms with Crippen LogP contribution in [-0.4, -0.2) is 39.4 Å². The second kappa shape index (κ2) is 8.50. The van der Waals surface area contributed by atoms with Crippen molar-refractivity contribution in [1.29, 1.82) is 0 Å². The second-order valence-electron chi connectivity index (χ2n) is 8.08. The van der Waals surface area contributed by atoms with E-state index in [0.29, 0.717) is 25.2 Å². The Morgan fingerprint density at radius 2 is 2.00 bits per heavy atom. The minimum absolute atomic E-state index is 0.0910. The Kier molecular flexibility index (Phi) is 6.05. The van der Waals surface area contributed by atoms with Gasteiger partial charge in [0.05, 0.1) is 13.7 Å². The third-order valence-electron chi connectivity index (χ3n) is 4.59. The van der Waals surface area contributed by atoms with E-state index in [0.717, 1.165) is 17.1 Å². The molecule has 0 fully saturated rings. The van der Waals surface area contributed by atoms with E-state index in [9.17, 15) is 9.59 Å². The maximum atomic E-state index is 12.8. The van der Waals surface area contributed by atoms with Crippen molar-refractivity contribution >= 4 is 11.9 Å². The number of hydrogen-bond donors (Lipinski definition) is 3. The molecule has 9 nitrogen and oxygen atoms in total. The fourth-order valence-corrected chi connectivity index (χ4v) is 3.29. The van der Waals surface area contributed by atoms with E-state index in [4.69, 9.17) is 4.74 Å². The molecular weight excluding hydrogens is 372 g/mol. The van der Waals surface area contributed by atoms with Crippen LogP contribution in [0.5, 0.6) is 5.75 Å². The van der Waals surface area contributed by atoms with Crippen molar-refractivity contribution in [2.75, 3.05) is 7.11 Å². The maximum Gasteiger partial charge on any atom is 0.315 e. The van der Waals surface area contributed by atoms with Gasteiger partial charge in [-0.3, -0.25) is 4.79 Å². The largest absolute Gasteiger partial charge is 0.497 e. The molecule has 1 atom stereocenters. The lowest BCUT2D eigenvalue weighted by Gasteiger charge is -2.21. The van der Waals surface area contributed by atoms with Crippen LogP contribution in [0.4, 0.5) is 4.79 Å². The summed E-state index contributed by atoms with van der Waals surface area (Å²) in [5.41, 5.74) is 0.625. The average molecular weight is 400 g/mol. The maximum absolute atomic E-state index is 12.8. The van der Waals surface area contributed by atoms with Gasteiger partial charge in [0.1, 0.15) is 17.6 Å². The zero-order chi connectivity index (χ0) is 21.0. The third kappa shape index (κ3) is 5.24. The lowest BCUT2D eigenvalue weighted by atomic mass is 10.1. The molecule has 156 valence electrons. The lowest BCUT2D eigenvalue weighted by molar-refractivity contribution is -0.124. The van der Waals surface area contributed by atoms with Gasteiger partial charge in [0, 0.05) is 18.5 Å². The molecule has 2 heterocycles. The van der Waals surface area contributed by atoms with Crippen LogP contribution in [0.3, 0.4) is 0 Å². The molecule has 3 rings (SSSR count). The van der Waals surface area contributed by atoms with E-state index in [2.05, 4.69) is 26.1 Å². The minimum Gasteiger partial charge on any atom is -0.497 e. The Balaban J connectivity index is 1.61. The van der Waals surface area contributed by atoms with Gasteiger partial charge in [-0.05, 0) is 44.9 Å². The van der Waals surface area contributed by atoms with Crippen molar-refractivity contribution in [2.45, 2.75) is 58.3 Å². The van der Waals surface area contributed by atoms with Crippen molar-refractivity contribution in [3.8, 4) is 5.75 Å². The minimum atomic E-state index is -0.381. The van der Waals surface area contributed by atoms with E-state index in [1.807, 2.05) is 49.6 Å². The number of nitrogens with one attached hydrogen (secondary N) is 3. The lowest BCUT2D eigenvalue weighted by Crippen LogP contribution is -2.46. The molecule has 3 N–H and O–H groups in total. The number of methoxy groups -OCH3 is 1. The highest BCUT2D eigenvalue weighted by molar-refractivity contribution is 5.81. The van der Waals surface area contributed by atoms with Crippen molar-refractivity contribution < 1.29 is 14.3 Å². The standard InChI is InChI=1S/C20H28N6O3/c1-20(2,3)23-19(28)22-12-17-25-24-16-9-8-15(26(16)17)18(27)21-11-13-6-5-7-14(10-13)29-4/h5-7,10,15H,8-9,11-12H2,1-4H3,(H,21,27)(H2,22,23,28). The fourth-order valence-electron chi connectivity index (χ4n) is 3.29. The smallest absolute Gasteiger partial charge is 0.315 e. The summed E-state index contributed by atoms with van der Waals surface area (Å²) in [5.74, 6) is 2.00. The molecule has 0 saturated heterocycles. The number of carbonyl (C=O) groups excluding carboxylic acids is 2.